The maximum Gasteiger partial charge on any atom is 0.170 e. The van der Waals surface area contributed by atoms with Gasteiger partial charge in [-0.25, -0.2) is 4.68 Å². The van der Waals surface area contributed by atoms with Crippen molar-refractivity contribution in [2.24, 2.45) is 7.05 Å². The molecule has 0 unspecified atom stereocenters. The average Bonchev–Trinajstić information content (AvgIpc) is 2.29. The van der Waals surface area contributed by atoms with Gasteiger partial charge >= 0.3 is 0 Å². The SMILES string of the molecule is Cn1nnc(C2CCC2)c1C=O. The van der Waals surface area contributed by atoms with E-state index in [0.717, 1.165) is 24.8 Å². The Kier molecular flexibility index (Phi) is 1.67. The molecule has 1 aromatic rings. The highest BCUT2D eigenvalue weighted by molar-refractivity contribution is 5.73. The van der Waals surface area contributed by atoms with E-state index in [1.807, 2.05) is 0 Å². The van der Waals surface area contributed by atoms with Crippen molar-refractivity contribution in [2.75, 3.05) is 0 Å². The molecule has 1 aliphatic rings. The minimum absolute atomic E-state index is 0.485. The van der Waals surface area contributed by atoms with Gasteiger partial charge in [-0.15, -0.1) is 5.10 Å². The lowest BCUT2D eigenvalue weighted by Gasteiger charge is -2.23. The van der Waals surface area contributed by atoms with Crippen LogP contribution in [0.4, 0.5) is 0 Å². The van der Waals surface area contributed by atoms with Crippen molar-refractivity contribution in [1.29, 1.82) is 0 Å². The summed E-state index contributed by atoms with van der Waals surface area (Å²) in [6.07, 6.45) is 4.40. The molecule has 0 radical (unpaired) electrons. The van der Waals surface area contributed by atoms with Gasteiger partial charge in [0, 0.05) is 13.0 Å². The minimum atomic E-state index is 0.485. The Balaban J connectivity index is 2.35. The fourth-order valence-electron chi connectivity index (χ4n) is 1.49. The maximum absolute atomic E-state index is 10.7. The van der Waals surface area contributed by atoms with Gasteiger partial charge in [-0.3, -0.25) is 4.79 Å². The van der Waals surface area contributed by atoms with Gasteiger partial charge in [0.1, 0.15) is 5.69 Å². The van der Waals surface area contributed by atoms with Crippen LogP contribution in [0.5, 0.6) is 0 Å². The van der Waals surface area contributed by atoms with E-state index in [9.17, 15) is 4.79 Å². The third kappa shape index (κ3) is 0.948. The van der Waals surface area contributed by atoms with Crippen LogP contribution in [0.15, 0.2) is 0 Å². The number of hydrogen-bond donors (Lipinski definition) is 0. The van der Waals surface area contributed by atoms with Gasteiger partial charge in [-0.2, -0.15) is 0 Å². The van der Waals surface area contributed by atoms with Crippen molar-refractivity contribution in [2.45, 2.75) is 25.2 Å². The van der Waals surface area contributed by atoms with Crippen LogP contribution in [0.2, 0.25) is 0 Å². The number of hydrogen-bond acceptors (Lipinski definition) is 3. The lowest BCUT2D eigenvalue weighted by Crippen LogP contribution is -2.11. The summed E-state index contributed by atoms with van der Waals surface area (Å²) in [5, 5.41) is 7.82. The highest BCUT2D eigenvalue weighted by Gasteiger charge is 2.25. The molecule has 1 fully saturated rings. The number of aldehydes is 1. The molecule has 1 aliphatic carbocycles. The van der Waals surface area contributed by atoms with Crippen molar-refractivity contribution in [3.8, 4) is 0 Å². The summed E-state index contributed by atoms with van der Waals surface area (Å²) in [4.78, 5) is 10.7. The molecule has 0 bridgehead atoms. The van der Waals surface area contributed by atoms with Crippen molar-refractivity contribution in [1.82, 2.24) is 15.0 Å². The number of carbonyl (C=O) groups is 1. The van der Waals surface area contributed by atoms with E-state index in [2.05, 4.69) is 10.3 Å². The zero-order chi connectivity index (χ0) is 8.55. The van der Waals surface area contributed by atoms with Crippen molar-refractivity contribution in [3.05, 3.63) is 11.4 Å². The molecule has 1 heterocycles. The van der Waals surface area contributed by atoms with Crippen molar-refractivity contribution < 1.29 is 4.79 Å². The maximum atomic E-state index is 10.7. The predicted octanol–water partition coefficient (Wildman–Crippen LogP) is 0.895. The second-order valence-electron chi connectivity index (χ2n) is 3.23. The molecule has 4 heteroatoms. The van der Waals surface area contributed by atoms with E-state index in [0.29, 0.717) is 11.6 Å². The lowest BCUT2D eigenvalue weighted by atomic mass is 9.82. The number of carbonyl (C=O) groups excluding carboxylic acids is 1. The molecule has 4 nitrogen and oxygen atoms in total. The van der Waals surface area contributed by atoms with Crippen LogP contribution < -0.4 is 0 Å². The number of rotatable bonds is 2. The monoisotopic (exact) mass is 165 g/mol. The molecule has 0 saturated heterocycles. The Labute approximate surface area is 70.6 Å². The zero-order valence-electron chi connectivity index (χ0n) is 7.03. The third-order valence-corrected chi connectivity index (χ3v) is 2.50. The van der Waals surface area contributed by atoms with E-state index < -0.39 is 0 Å². The molecule has 64 valence electrons. The smallest absolute Gasteiger partial charge is 0.170 e. The molecule has 12 heavy (non-hydrogen) atoms. The third-order valence-electron chi connectivity index (χ3n) is 2.50. The van der Waals surface area contributed by atoms with Gasteiger partial charge in [0.25, 0.3) is 0 Å². The van der Waals surface area contributed by atoms with Gasteiger partial charge < -0.3 is 0 Å². The summed E-state index contributed by atoms with van der Waals surface area (Å²) in [7, 11) is 1.75. The van der Waals surface area contributed by atoms with E-state index in [4.69, 9.17) is 0 Å². The second-order valence-corrected chi connectivity index (χ2v) is 3.23. The number of nitrogens with zero attached hydrogens (tertiary/aromatic N) is 3. The standard InChI is InChI=1S/C8H11N3O/c1-11-7(5-12)8(9-10-11)6-3-2-4-6/h5-6H,2-4H2,1H3. The predicted molar refractivity (Wildman–Crippen MR) is 43.0 cm³/mol. The quantitative estimate of drug-likeness (QED) is 0.611. The summed E-state index contributed by atoms with van der Waals surface area (Å²) >= 11 is 0. The molecular formula is C8H11N3O. The molecule has 0 spiro atoms. The van der Waals surface area contributed by atoms with Gasteiger partial charge in [0.2, 0.25) is 0 Å². The van der Waals surface area contributed by atoms with Crippen molar-refractivity contribution >= 4 is 6.29 Å². The zero-order valence-corrected chi connectivity index (χ0v) is 7.03. The van der Waals surface area contributed by atoms with E-state index >= 15 is 0 Å². The Hall–Kier alpha value is -1.19. The Morgan fingerprint density at radius 1 is 1.58 bits per heavy atom. The summed E-state index contributed by atoms with van der Waals surface area (Å²) < 4.78 is 1.54. The minimum Gasteiger partial charge on any atom is -0.296 e. The summed E-state index contributed by atoms with van der Waals surface area (Å²) in [6.45, 7) is 0. The Morgan fingerprint density at radius 2 is 2.33 bits per heavy atom. The first kappa shape index (κ1) is 7.46. The molecule has 0 aliphatic heterocycles. The normalized spacial score (nSPS) is 17.4. The Bertz CT molecular complexity index is 301. The molecule has 0 aromatic carbocycles. The molecule has 1 aromatic heterocycles. The van der Waals surface area contributed by atoms with Gasteiger partial charge in [-0.05, 0) is 12.8 Å². The first-order valence-electron chi connectivity index (χ1n) is 4.17. The van der Waals surface area contributed by atoms with Crippen LogP contribution >= 0.6 is 0 Å². The van der Waals surface area contributed by atoms with Crippen LogP contribution in [0.25, 0.3) is 0 Å². The van der Waals surface area contributed by atoms with Gasteiger partial charge in [0.05, 0.1) is 5.69 Å². The lowest BCUT2D eigenvalue weighted by molar-refractivity contribution is 0.111. The van der Waals surface area contributed by atoms with Crippen molar-refractivity contribution in [3.63, 3.8) is 0 Å². The number of aryl methyl sites for hydroxylation is 1. The number of aromatic nitrogens is 3. The first-order valence-corrected chi connectivity index (χ1v) is 4.17. The largest absolute Gasteiger partial charge is 0.296 e. The van der Waals surface area contributed by atoms with Crippen LogP contribution in [0.1, 0.15) is 41.4 Å². The Morgan fingerprint density at radius 3 is 2.83 bits per heavy atom. The average molecular weight is 165 g/mol. The molecule has 2 rings (SSSR count). The van der Waals surface area contributed by atoms with Crippen LogP contribution in [-0.4, -0.2) is 21.3 Å². The fourth-order valence-corrected chi connectivity index (χ4v) is 1.49. The highest BCUT2D eigenvalue weighted by Crippen LogP contribution is 2.36. The molecule has 0 amide bonds. The molecule has 0 atom stereocenters. The van der Waals surface area contributed by atoms with Crippen LogP contribution in [-0.2, 0) is 7.05 Å². The van der Waals surface area contributed by atoms with Gasteiger partial charge in [-0.1, -0.05) is 11.6 Å². The summed E-state index contributed by atoms with van der Waals surface area (Å²) in [5.41, 5.74) is 1.53. The van der Waals surface area contributed by atoms with E-state index in [-0.39, 0.29) is 0 Å². The van der Waals surface area contributed by atoms with E-state index in [1.54, 1.807) is 11.7 Å². The molecule has 0 N–H and O–H groups in total. The topological polar surface area (TPSA) is 47.8 Å². The molecule has 1 saturated carbocycles. The van der Waals surface area contributed by atoms with E-state index in [1.165, 1.54) is 6.42 Å². The van der Waals surface area contributed by atoms with Crippen LogP contribution in [0, 0.1) is 0 Å². The van der Waals surface area contributed by atoms with Crippen LogP contribution in [0.3, 0.4) is 0 Å². The van der Waals surface area contributed by atoms with Gasteiger partial charge in [0.15, 0.2) is 6.29 Å². The fraction of sp³-hybridized carbons (Fsp3) is 0.625. The summed E-state index contributed by atoms with van der Waals surface area (Å²) in [6, 6.07) is 0. The molecular weight excluding hydrogens is 154 g/mol. The summed E-state index contributed by atoms with van der Waals surface area (Å²) in [5.74, 6) is 0.485. The first-order chi connectivity index (χ1) is 5.83. The highest BCUT2D eigenvalue weighted by atomic mass is 16.1. The second kappa shape index (κ2) is 2.69.